The van der Waals surface area contributed by atoms with Crippen molar-refractivity contribution in [3.8, 4) is 0 Å². The van der Waals surface area contributed by atoms with Crippen LogP contribution in [0.5, 0.6) is 0 Å². The van der Waals surface area contributed by atoms with Crippen molar-refractivity contribution < 1.29 is 23.1 Å². The van der Waals surface area contributed by atoms with Crippen molar-refractivity contribution in [3.63, 3.8) is 0 Å². The zero-order chi connectivity index (χ0) is 15.2. The van der Waals surface area contributed by atoms with Crippen molar-refractivity contribution in [2.24, 2.45) is 0 Å². The van der Waals surface area contributed by atoms with Crippen LogP contribution in [0.25, 0.3) is 0 Å². The normalized spacial score (nSPS) is 10.8. The zero-order valence-corrected chi connectivity index (χ0v) is 11.5. The lowest BCUT2D eigenvalue weighted by Crippen LogP contribution is -2.36. The second-order valence-electron chi connectivity index (χ2n) is 3.90. The molecule has 0 aliphatic heterocycles. The number of nitrogens with one attached hydrogen (secondary N) is 3. The molecule has 0 spiro atoms. The van der Waals surface area contributed by atoms with E-state index in [1.54, 1.807) is 12.1 Å². The maximum atomic E-state index is 11.5. The third-order valence-corrected chi connectivity index (χ3v) is 2.91. The topological polar surface area (TPSA) is 125 Å². The van der Waals surface area contributed by atoms with Gasteiger partial charge in [-0.25, -0.2) is 22.7 Å². The first-order valence-electron chi connectivity index (χ1n) is 5.61. The summed E-state index contributed by atoms with van der Waals surface area (Å²) in [6, 6.07) is 5.34. The Morgan fingerprint density at radius 1 is 1.20 bits per heavy atom. The summed E-state index contributed by atoms with van der Waals surface area (Å²) < 4.78 is 23.8. The smallest absolute Gasteiger partial charge is 0.337 e. The second-order valence-corrected chi connectivity index (χ2v) is 5.73. The minimum absolute atomic E-state index is 0.0306. The maximum Gasteiger partial charge on any atom is 0.337 e. The molecule has 8 nitrogen and oxygen atoms in total. The first-order chi connectivity index (χ1) is 9.29. The Morgan fingerprint density at radius 2 is 1.85 bits per heavy atom. The Hall–Kier alpha value is -2.13. The van der Waals surface area contributed by atoms with Gasteiger partial charge in [-0.15, -0.1) is 0 Å². The monoisotopic (exact) mass is 301 g/mol. The van der Waals surface area contributed by atoms with Crippen molar-refractivity contribution in [2.45, 2.75) is 0 Å². The predicted octanol–water partition coefficient (Wildman–Crippen LogP) is 0.0555. The van der Waals surface area contributed by atoms with Crippen molar-refractivity contribution in [3.05, 3.63) is 29.8 Å². The molecule has 20 heavy (non-hydrogen) atoms. The Bertz CT molecular complexity index is 600. The van der Waals surface area contributed by atoms with Gasteiger partial charge in [-0.1, -0.05) is 12.1 Å². The molecule has 0 saturated heterocycles. The third-order valence-electron chi connectivity index (χ3n) is 2.18. The van der Waals surface area contributed by atoms with Crippen molar-refractivity contribution in [2.75, 3.05) is 24.7 Å². The molecule has 0 saturated carbocycles. The molecule has 0 aliphatic carbocycles. The van der Waals surface area contributed by atoms with E-state index in [2.05, 4.69) is 15.4 Å². The third kappa shape index (κ3) is 5.67. The van der Waals surface area contributed by atoms with Crippen LogP contribution in [-0.4, -0.2) is 44.9 Å². The fourth-order valence-corrected chi connectivity index (χ4v) is 1.83. The largest absolute Gasteiger partial charge is 0.478 e. The number of hydrogen-bond donors (Lipinski definition) is 4. The molecule has 4 N–H and O–H groups in total. The van der Waals surface area contributed by atoms with Crippen LogP contribution in [0.1, 0.15) is 10.4 Å². The number of amides is 2. The van der Waals surface area contributed by atoms with Crippen LogP contribution in [0.15, 0.2) is 24.3 Å². The Morgan fingerprint density at radius 3 is 2.45 bits per heavy atom. The number of aromatic carboxylic acids is 1. The average Bonchev–Trinajstić information content (AvgIpc) is 2.34. The van der Waals surface area contributed by atoms with Crippen LogP contribution in [-0.2, 0) is 10.0 Å². The zero-order valence-electron chi connectivity index (χ0n) is 10.7. The number of carbonyl (C=O) groups excluding carboxylic acids is 1. The lowest BCUT2D eigenvalue weighted by molar-refractivity contribution is 0.0698. The molecule has 0 atom stereocenters. The first-order valence-corrected chi connectivity index (χ1v) is 7.50. The van der Waals surface area contributed by atoms with E-state index in [0.29, 0.717) is 0 Å². The predicted molar refractivity (Wildman–Crippen MR) is 73.3 cm³/mol. The highest BCUT2D eigenvalue weighted by atomic mass is 32.2. The molecule has 0 bridgehead atoms. The average molecular weight is 301 g/mol. The van der Waals surface area contributed by atoms with Gasteiger partial charge in [0.1, 0.15) is 0 Å². The highest BCUT2D eigenvalue weighted by Crippen LogP contribution is 2.14. The van der Waals surface area contributed by atoms with Gasteiger partial charge < -0.3 is 15.7 Å². The van der Waals surface area contributed by atoms with E-state index in [9.17, 15) is 18.0 Å². The van der Waals surface area contributed by atoms with Gasteiger partial charge in [0, 0.05) is 13.1 Å². The summed E-state index contributed by atoms with van der Waals surface area (Å²) >= 11 is 0. The molecule has 1 aromatic carbocycles. The molecule has 9 heteroatoms. The molecule has 0 aromatic heterocycles. The quantitative estimate of drug-likeness (QED) is 0.553. The molecule has 0 heterocycles. The van der Waals surface area contributed by atoms with Crippen LogP contribution < -0.4 is 15.4 Å². The van der Waals surface area contributed by atoms with Crippen LogP contribution in [0.3, 0.4) is 0 Å². The number of hydrogen-bond acceptors (Lipinski definition) is 4. The minimum Gasteiger partial charge on any atom is -0.478 e. The van der Waals surface area contributed by atoms with Crippen molar-refractivity contribution in [1.82, 2.24) is 10.0 Å². The summed E-state index contributed by atoms with van der Waals surface area (Å²) in [6.07, 6.45) is 1.01. The first kappa shape index (κ1) is 15.9. The van der Waals surface area contributed by atoms with E-state index in [0.717, 1.165) is 6.26 Å². The molecule has 110 valence electrons. The van der Waals surface area contributed by atoms with Gasteiger partial charge in [0.25, 0.3) is 0 Å². The lowest BCUT2D eigenvalue weighted by Gasteiger charge is -2.09. The van der Waals surface area contributed by atoms with E-state index in [1.807, 2.05) is 0 Å². The molecular formula is C11H15N3O5S. The summed E-state index contributed by atoms with van der Waals surface area (Å²) in [5.74, 6) is -1.15. The van der Waals surface area contributed by atoms with E-state index in [4.69, 9.17) is 5.11 Å². The van der Waals surface area contributed by atoms with Crippen LogP contribution in [0.4, 0.5) is 10.5 Å². The number of sulfonamides is 1. The molecular weight excluding hydrogens is 286 g/mol. The molecule has 2 amide bonds. The maximum absolute atomic E-state index is 11.5. The van der Waals surface area contributed by atoms with Crippen LogP contribution in [0, 0.1) is 0 Å². The van der Waals surface area contributed by atoms with E-state index >= 15 is 0 Å². The number of carbonyl (C=O) groups is 2. The van der Waals surface area contributed by atoms with E-state index in [-0.39, 0.29) is 24.3 Å². The van der Waals surface area contributed by atoms with Gasteiger partial charge >= 0.3 is 12.0 Å². The van der Waals surface area contributed by atoms with E-state index < -0.39 is 22.0 Å². The number of urea groups is 1. The number of rotatable bonds is 6. The Labute approximate surface area is 116 Å². The molecule has 1 aromatic rings. The number of carboxylic acids is 1. The fourth-order valence-electron chi connectivity index (χ4n) is 1.36. The van der Waals surface area contributed by atoms with Gasteiger partial charge in [-0.3, -0.25) is 0 Å². The fraction of sp³-hybridized carbons (Fsp3) is 0.273. The molecule has 0 aliphatic rings. The highest BCUT2D eigenvalue weighted by molar-refractivity contribution is 7.88. The number of carboxylic acid groups (broad SMARTS) is 1. The second kappa shape index (κ2) is 6.87. The number of para-hydroxylation sites is 1. The van der Waals surface area contributed by atoms with Crippen LogP contribution in [0.2, 0.25) is 0 Å². The Kier molecular flexibility index (Phi) is 5.47. The summed E-state index contributed by atoms with van der Waals surface area (Å²) in [6.45, 7) is 0.126. The van der Waals surface area contributed by atoms with Gasteiger partial charge in [0.05, 0.1) is 17.5 Å². The van der Waals surface area contributed by atoms with Gasteiger partial charge in [0.2, 0.25) is 10.0 Å². The van der Waals surface area contributed by atoms with Crippen LogP contribution >= 0.6 is 0 Å². The number of benzene rings is 1. The Balaban J connectivity index is 2.49. The summed E-state index contributed by atoms with van der Waals surface area (Å²) in [7, 11) is -3.30. The molecule has 0 radical (unpaired) electrons. The highest BCUT2D eigenvalue weighted by Gasteiger charge is 2.11. The lowest BCUT2D eigenvalue weighted by atomic mass is 10.2. The van der Waals surface area contributed by atoms with Gasteiger partial charge in [-0.2, -0.15) is 0 Å². The summed E-state index contributed by atoms with van der Waals surface area (Å²) in [5, 5.41) is 13.7. The van der Waals surface area contributed by atoms with Gasteiger partial charge in [0.15, 0.2) is 0 Å². The molecule has 0 fully saturated rings. The summed E-state index contributed by atoms with van der Waals surface area (Å²) in [5.41, 5.74) is 0.130. The van der Waals surface area contributed by atoms with Gasteiger partial charge in [-0.05, 0) is 12.1 Å². The minimum atomic E-state index is -3.30. The van der Waals surface area contributed by atoms with Crippen molar-refractivity contribution in [1.29, 1.82) is 0 Å². The standard InChI is InChI=1S/C11H15N3O5S/c1-20(18,19)13-7-6-12-11(17)14-9-5-3-2-4-8(9)10(15)16/h2-5,13H,6-7H2,1H3,(H,15,16)(H2,12,14,17). The van der Waals surface area contributed by atoms with Crippen molar-refractivity contribution >= 4 is 27.7 Å². The molecule has 1 rings (SSSR count). The molecule has 0 unspecified atom stereocenters. The summed E-state index contributed by atoms with van der Waals surface area (Å²) in [4.78, 5) is 22.4. The number of anilines is 1. The van der Waals surface area contributed by atoms with E-state index in [1.165, 1.54) is 12.1 Å². The SMILES string of the molecule is CS(=O)(=O)NCCNC(=O)Nc1ccccc1C(=O)O.